The molecule has 138 valence electrons. The van der Waals surface area contributed by atoms with Crippen LogP contribution in [-0.4, -0.2) is 30.6 Å². The van der Waals surface area contributed by atoms with Crippen molar-refractivity contribution >= 4 is 17.6 Å². The third-order valence-corrected chi connectivity index (χ3v) is 3.72. The van der Waals surface area contributed by atoms with Gasteiger partial charge in [-0.1, -0.05) is 25.5 Å². The van der Waals surface area contributed by atoms with Crippen molar-refractivity contribution in [2.45, 2.75) is 26.7 Å². The van der Waals surface area contributed by atoms with Gasteiger partial charge in [0.05, 0.1) is 25.0 Å². The summed E-state index contributed by atoms with van der Waals surface area (Å²) in [6, 6.07) is 8.12. The second kappa shape index (κ2) is 8.84. The molecule has 0 atom stereocenters. The third kappa shape index (κ3) is 4.30. The van der Waals surface area contributed by atoms with Gasteiger partial charge in [-0.15, -0.1) is 0 Å². The molecule has 0 aliphatic heterocycles. The lowest BCUT2D eigenvalue weighted by Gasteiger charge is -2.12. The summed E-state index contributed by atoms with van der Waals surface area (Å²) in [7, 11) is 1.48. The molecule has 1 amide bonds. The summed E-state index contributed by atoms with van der Waals surface area (Å²) in [5.41, 5.74) is 0.352. The van der Waals surface area contributed by atoms with Gasteiger partial charge in [-0.3, -0.25) is 9.59 Å². The fraction of sp³-hybridized carbons (Fsp3) is 0.316. The Labute approximate surface area is 151 Å². The van der Waals surface area contributed by atoms with E-state index in [4.69, 9.17) is 9.47 Å². The number of hydrogen-bond acceptors (Lipinski definition) is 5. The summed E-state index contributed by atoms with van der Waals surface area (Å²) >= 11 is 0. The van der Waals surface area contributed by atoms with Gasteiger partial charge in [-0.2, -0.15) is 0 Å². The van der Waals surface area contributed by atoms with E-state index in [1.807, 2.05) is 6.92 Å². The molecule has 0 unspecified atom stereocenters. The molecule has 7 heteroatoms. The largest absolute Gasteiger partial charge is 0.495 e. The Bertz CT molecular complexity index is 857. The predicted octanol–water partition coefficient (Wildman–Crippen LogP) is 2.77. The van der Waals surface area contributed by atoms with Gasteiger partial charge in [-0.25, -0.2) is 4.79 Å². The van der Waals surface area contributed by atoms with Gasteiger partial charge in [0.2, 0.25) is 0 Å². The lowest BCUT2D eigenvalue weighted by molar-refractivity contribution is 0.0524. The summed E-state index contributed by atoms with van der Waals surface area (Å²) in [5.74, 6) is -0.742. The van der Waals surface area contributed by atoms with E-state index < -0.39 is 17.4 Å². The first-order chi connectivity index (χ1) is 12.5. The van der Waals surface area contributed by atoms with Crippen molar-refractivity contribution in [3.63, 3.8) is 0 Å². The van der Waals surface area contributed by atoms with Gasteiger partial charge in [-0.05, 0) is 31.5 Å². The number of methoxy groups -OCH3 is 1. The minimum Gasteiger partial charge on any atom is -0.495 e. The molecular formula is C19H22N2O5. The number of aromatic amines is 1. The van der Waals surface area contributed by atoms with Crippen LogP contribution in [0.15, 0.2) is 35.1 Å². The number of H-pyrrole nitrogens is 1. The Morgan fingerprint density at radius 1 is 1.15 bits per heavy atom. The van der Waals surface area contributed by atoms with Crippen LogP contribution >= 0.6 is 0 Å². The highest BCUT2D eigenvalue weighted by Crippen LogP contribution is 2.23. The van der Waals surface area contributed by atoms with Crippen LogP contribution in [0, 0.1) is 0 Å². The average Bonchev–Trinajstić information content (AvgIpc) is 2.62. The lowest BCUT2D eigenvalue weighted by atomic mass is 10.1. The first-order valence-corrected chi connectivity index (χ1v) is 8.39. The normalized spacial score (nSPS) is 10.3. The smallest absolute Gasteiger partial charge is 0.339 e. The SMILES string of the molecule is CCCc1[nH]c(=O)c(C(=O)Nc2ccccc2OC)cc1C(=O)OCC. The monoisotopic (exact) mass is 358 g/mol. The molecule has 26 heavy (non-hydrogen) atoms. The van der Waals surface area contributed by atoms with E-state index in [0.29, 0.717) is 23.6 Å². The summed E-state index contributed by atoms with van der Waals surface area (Å²) in [4.78, 5) is 39.7. The zero-order chi connectivity index (χ0) is 19.1. The number of benzene rings is 1. The topological polar surface area (TPSA) is 97.5 Å². The van der Waals surface area contributed by atoms with Crippen molar-refractivity contribution in [1.82, 2.24) is 4.98 Å². The summed E-state index contributed by atoms with van der Waals surface area (Å²) in [5, 5.41) is 2.63. The van der Waals surface area contributed by atoms with Crippen molar-refractivity contribution in [2.24, 2.45) is 0 Å². The maximum Gasteiger partial charge on any atom is 0.339 e. The summed E-state index contributed by atoms with van der Waals surface area (Å²) in [6.07, 6.45) is 1.23. The molecule has 7 nitrogen and oxygen atoms in total. The number of rotatable bonds is 7. The number of aromatic nitrogens is 1. The van der Waals surface area contributed by atoms with Gasteiger partial charge in [0.1, 0.15) is 11.3 Å². The number of carbonyl (C=O) groups excluding carboxylic acids is 2. The molecule has 0 saturated carbocycles. The van der Waals surface area contributed by atoms with Gasteiger partial charge in [0, 0.05) is 5.69 Å². The molecule has 0 spiro atoms. The van der Waals surface area contributed by atoms with E-state index in [9.17, 15) is 14.4 Å². The zero-order valence-electron chi connectivity index (χ0n) is 15.0. The second-order valence-corrected chi connectivity index (χ2v) is 5.53. The van der Waals surface area contributed by atoms with Crippen molar-refractivity contribution in [3.8, 4) is 5.75 Å². The zero-order valence-corrected chi connectivity index (χ0v) is 15.0. The second-order valence-electron chi connectivity index (χ2n) is 5.53. The van der Waals surface area contributed by atoms with E-state index >= 15 is 0 Å². The summed E-state index contributed by atoms with van der Waals surface area (Å²) in [6.45, 7) is 3.82. The minimum absolute atomic E-state index is 0.168. The Hall–Kier alpha value is -3.09. The molecule has 2 aromatic rings. The number of nitrogens with one attached hydrogen (secondary N) is 2. The fourth-order valence-electron chi connectivity index (χ4n) is 2.51. The van der Waals surface area contributed by atoms with Crippen LogP contribution in [0.4, 0.5) is 5.69 Å². The molecule has 2 N–H and O–H groups in total. The number of hydrogen-bond donors (Lipinski definition) is 2. The van der Waals surface area contributed by atoms with Gasteiger partial charge in [0.15, 0.2) is 0 Å². The Balaban J connectivity index is 2.41. The van der Waals surface area contributed by atoms with E-state index in [-0.39, 0.29) is 17.7 Å². The van der Waals surface area contributed by atoms with Crippen LogP contribution in [0.2, 0.25) is 0 Å². The molecule has 1 aromatic heterocycles. The first kappa shape index (κ1) is 19.2. The standard InChI is InChI=1S/C19H22N2O5/c1-4-8-14-12(19(24)26-5-2)11-13(17(22)20-14)18(23)21-15-9-6-7-10-16(15)25-3/h6-7,9-11H,4-5,8H2,1-3H3,(H,20,22)(H,21,23). The molecule has 0 radical (unpaired) electrons. The van der Waals surface area contributed by atoms with Crippen LogP contribution in [0.3, 0.4) is 0 Å². The number of para-hydroxylation sites is 2. The molecule has 2 rings (SSSR count). The summed E-state index contributed by atoms with van der Waals surface area (Å²) < 4.78 is 10.2. The Morgan fingerprint density at radius 3 is 2.54 bits per heavy atom. The van der Waals surface area contributed by atoms with E-state index in [0.717, 1.165) is 6.42 Å². The molecule has 1 heterocycles. The first-order valence-electron chi connectivity index (χ1n) is 8.39. The van der Waals surface area contributed by atoms with Crippen LogP contribution < -0.4 is 15.6 Å². The maximum absolute atomic E-state index is 12.6. The molecule has 0 fully saturated rings. The number of amides is 1. The highest BCUT2D eigenvalue weighted by atomic mass is 16.5. The van der Waals surface area contributed by atoms with Crippen molar-refractivity contribution < 1.29 is 19.1 Å². The third-order valence-electron chi connectivity index (χ3n) is 3.72. The van der Waals surface area contributed by atoms with Gasteiger partial charge < -0.3 is 19.8 Å². The fourth-order valence-corrected chi connectivity index (χ4v) is 2.51. The highest BCUT2D eigenvalue weighted by Gasteiger charge is 2.20. The van der Waals surface area contributed by atoms with Gasteiger partial charge >= 0.3 is 5.97 Å². The number of anilines is 1. The quantitative estimate of drug-likeness (QED) is 0.742. The maximum atomic E-state index is 12.6. The van der Waals surface area contributed by atoms with Crippen LogP contribution in [0.25, 0.3) is 0 Å². The Morgan fingerprint density at radius 2 is 1.88 bits per heavy atom. The minimum atomic E-state index is -0.635. The number of carbonyl (C=O) groups is 2. The van der Waals surface area contributed by atoms with Crippen molar-refractivity contribution in [1.29, 1.82) is 0 Å². The lowest BCUT2D eigenvalue weighted by Crippen LogP contribution is -2.26. The van der Waals surface area contributed by atoms with Crippen LogP contribution in [0.1, 0.15) is 46.7 Å². The molecule has 1 aromatic carbocycles. The van der Waals surface area contributed by atoms with E-state index in [1.54, 1.807) is 31.2 Å². The Kier molecular flexibility index (Phi) is 6.54. The predicted molar refractivity (Wildman–Crippen MR) is 98.0 cm³/mol. The van der Waals surface area contributed by atoms with Crippen molar-refractivity contribution in [3.05, 3.63) is 57.5 Å². The van der Waals surface area contributed by atoms with E-state index in [1.165, 1.54) is 13.2 Å². The molecule has 0 saturated heterocycles. The highest BCUT2D eigenvalue weighted by molar-refractivity contribution is 6.06. The van der Waals surface area contributed by atoms with Crippen molar-refractivity contribution in [2.75, 3.05) is 19.0 Å². The molecule has 0 aliphatic rings. The number of pyridine rings is 1. The van der Waals surface area contributed by atoms with Gasteiger partial charge in [0.25, 0.3) is 11.5 Å². The molecule has 0 aliphatic carbocycles. The molecule has 0 bridgehead atoms. The van der Waals surface area contributed by atoms with E-state index in [2.05, 4.69) is 10.3 Å². The number of esters is 1. The molecular weight excluding hydrogens is 336 g/mol. The van der Waals surface area contributed by atoms with Crippen LogP contribution in [-0.2, 0) is 11.2 Å². The average molecular weight is 358 g/mol. The number of ether oxygens (including phenoxy) is 2. The number of aryl methyl sites for hydroxylation is 1. The van der Waals surface area contributed by atoms with Crippen LogP contribution in [0.5, 0.6) is 5.75 Å².